The minimum atomic E-state index is 0.577. The van der Waals surface area contributed by atoms with Crippen molar-refractivity contribution in [1.82, 2.24) is 14.9 Å². The van der Waals surface area contributed by atoms with Gasteiger partial charge in [-0.2, -0.15) is 0 Å². The lowest BCUT2D eigenvalue weighted by atomic mass is 9.88. The van der Waals surface area contributed by atoms with E-state index in [9.17, 15) is 0 Å². The van der Waals surface area contributed by atoms with Crippen molar-refractivity contribution in [3.8, 4) is 11.5 Å². The van der Waals surface area contributed by atoms with Crippen LogP contribution in [0.3, 0.4) is 0 Å². The zero-order valence-corrected chi connectivity index (χ0v) is 17.8. The van der Waals surface area contributed by atoms with Crippen molar-refractivity contribution in [2.45, 2.75) is 71.4 Å². The summed E-state index contributed by atoms with van der Waals surface area (Å²) in [6.45, 7) is 8.13. The van der Waals surface area contributed by atoms with E-state index >= 15 is 0 Å². The zero-order valence-electron chi connectivity index (χ0n) is 17.8. The van der Waals surface area contributed by atoms with Crippen molar-refractivity contribution in [3.63, 3.8) is 0 Å². The Labute approximate surface area is 174 Å². The zero-order chi connectivity index (χ0) is 20.1. The van der Waals surface area contributed by atoms with Crippen molar-refractivity contribution in [2.75, 3.05) is 19.8 Å². The normalized spacial score (nSPS) is 17.7. The molecule has 0 saturated heterocycles. The second kappa shape index (κ2) is 9.57. The van der Waals surface area contributed by atoms with Gasteiger partial charge in [-0.25, -0.2) is 9.97 Å². The molecule has 0 spiro atoms. The molecule has 5 nitrogen and oxygen atoms in total. The van der Waals surface area contributed by atoms with Gasteiger partial charge in [-0.05, 0) is 44.4 Å². The van der Waals surface area contributed by atoms with E-state index < -0.39 is 0 Å². The van der Waals surface area contributed by atoms with Crippen LogP contribution < -0.4 is 9.47 Å². The molecule has 0 unspecified atom stereocenters. The number of fused-ring (bicyclic) bond motifs is 1. The highest BCUT2D eigenvalue weighted by atomic mass is 16.5. The lowest BCUT2D eigenvalue weighted by Crippen LogP contribution is -2.31. The largest absolute Gasteiger partial charge is 0.490 e. The summed E-state index contributed by atoms with van der Waals surface area (Å²) in [5, 5.41) is 0. The summed E-state index contributed by atoms with van der Waals surface area (Å²) < 4.78 is 11.5. The molecule has 0 atom stereocenters. The van der Waals surface area contributed by atoms with Crippen LogP contribution in [0.2, 0.25) is 0 Å². The molecule has 0 amide bonds. The average Bonchev–Trinajstić information content (AvgIpc) is 2.76. The Morgan fingerprint density at radius 3 is 2.62 bits per heavy atom. The molecule has 0 N–H and O–H groups in total. The Bertz CT molecular complexity index is 818. The standard InChI is InChI=1S/C24H33N3O2/c1-3-28-22-11-10-18(14-23(22)29-4-2)16-27-13-12-21-20(17-27)15-25-24(26-21)19-8-6-5-7-9-19/h10-11,14-15,19H,3-9,12-13,16-17H2,1-2H3. The molecule has 2 aliphatic rings. The molecule has 1 aliphatic carbocycles. The van der Waals surface area contributed by atoms with E-state index in [4.69, 9.17) is 19.4 Å². The van der Waals surface area contributed by atoms with E-state index in [0.29, 0.717) is 19.1 Å². The summed E-state index contributed by atoms with van der Waals surface area (Å²) in [4.78, 5) is 12.2. The van der Waals surface area contributed by atoms with Crippen LogP contribution in [0.1, 0.15) is 74.5 Å². The molecule has 1 aromatic heterocycles. The first-order valence-corrected chi connectivity index (χ1v) is 11.2. The molecule has 2 heterocycles. The van der Waals surface area contributed by atoms with Gasteiger partial charge in [-0.1, -0.05) is 25.3 Å². The molecule has 1 aliphatic heterocycles. The van der Waals surface area contributed by atoms with E-state index in [2.05, 4.69) is 23.2 Å². The number of aromatic nitrogens is 2. The summed E-state index contributed by atoms with van der Waals surface area (Å²) in [5.41, 5.74) is 3.80. The fourth-order valence-electron chi connectivity index (χ4n) is 4.53. The van der Waals surface area contributed by atoms with Crippen LogP contribution in [0.25, 0.3) is 0 Å². The van der Waals surface area contributed by atoms with Crippen molar-refractivity contribution in [2.24, 2.45) is 0 Å². The van der Waals surface area contributed by atoms with Gasteiger partial charge in [0.1, 0.15) is 5.82 Å². The Morgan fingerprint density at radius 2 is 1.83 bits per heavy atom. The summed E-state index contributed by atoms with van der Waals surface area (Å²) in [5.74, 6) is 3.33. The molecular formula is C24H33N3O2. The van der Waals surface area contributed by atoms with Gasteiger partial charge in [0.25, 0.3) is 0 Å². The Morgan fingerprint density at radius 1 is 1.03 bits per heavy atom. The quantitative estimate of drug-likeness (QED) is 0.669. The van der Waals surface area contributed by atoms with Gasteiger partial charge < -0.3 is 9.47 Å². The van der Waals surface area contributed by atoms with E-state index in [0.717, 1.165) is 43.4 Å². The molecule has 1 aromatic carbocycles. The third-order valence-electron chi connectivity index (χ3n) is 6.02. The maximum atomic E-state index is 5.78. The minimum absolute atomic E-state index is 0.577. The number of nitrogens with zero attached hydrogens (tertiary/aromatic N) is 3. The second-order valence-electron chi connectivity index (χ2n) is 8.14. The van der Waals surface area contributed by atoms with E-state index in [1.165, 1.54) is 48.9 Å². The molecule has 156 valence electrons. The second-order valence-corrected chi connectivity index (χ2v) is 8.14. The van der Waals surface area contributed by atoms with Gasteiger partial charge in [0, 0.05) is 49.4 Å². The van der Waals surface area contributed by atoms with Gasteiger partial charge in [-0.3, -0.25) is 4.90 Å². The predicted octanol–water partition coefficient (Wildman–Crippen LogP) is 4.88. The average molecular weight is 396 g/mol. The lowest BCUT2D eigenvalue weighted by molar-refractivity contribution is 0.241. The van der Waals surface area contributed by atoms with E-state index in [-0.39, 0.29) is 0 Å². The maximum absolute atomic E-state index is 5.78. The van der Waals surface area contributed by atoms with E-state index in [1.807, 2.05) is 19.9 Å². The minimum Gasteiger partial charge on any atom is -0.490 e. The van der Waals surface area contributed by atoms with Crippen molar-refractivity contribution < 1.29 is 9.47 Å². The van der Waals surface area contributed by atoms with Crippen LogP contribution in [0.4, 0.5) is 0 Å². The molecule has 2 aromatic rings. The Kier molecular flexibility index (Phi) is 6.65. The van der Waals surface area contributed by atoms with Crippen molar-refractivity contribution >= 4 is 0 Å². The monoisotopic (exact) mass is 395 g/mol. The van der Waals surface area contributed by atoms with Crippen LogP contribution in [-0.4, -0.2) is 34.6 Å². The maximum Gasteiger partial charge on any atom is 0.161 e. The fourth-order valence-corrected chi connectivity index (χ4v) is 4.53. The summed E-state index contributed by atoms with van der Waals surface area (Å²) >= 11 is 0. The van der Waals surface area contributed by atoms with Gasteiger partial charge in [0.05, 0.1) is 13.2 Å². The van der Waals surface area contributed by atoms with Gasteiger partial charge >= 0.3 is 0 Å². The van der Waals surface area contributed by atoms with Gasteiger partial charge in [0.2, 0.25) is 0 Å². The van der Waals surface area contributed by atoms with Crippen molar-refractivity contribution in [1.29, 1.82) is 0 Å². The molecular weight excluding hydrogens is 362 g/mol. The van der Waals surface area contributed by atoms with Crippen LogP contribution in [0.15, 0.2) is 24.4 Å². The third kappa shape index (κ3) is 4.89. The fraction of sp³-hybridized carbons (Fsp3) is 0.583. The molecule has 4 rings (SSSR count). The number of ether oxygens (including phenoxy) is 2. The smallest absolute Gasteiger partial charge is 0.161 e. The number of hydrogen-bond acceptors (Lipinski definition) is 5. The first-order valence-electron chi connectivity index (χ1n) is 11.2. The predicted molar refractivity (Wildman–Crippen MR) is 114 cm³/mol. The van der Waals surface area contributed by atoms with Crippen LogP contribution in [-0.2, 0) is 19.5 Å². The molecule has 5 heteroatoms. The molecule has 0 bridgehead atoms. The van der Waals surface area contributed by atoms with Gasteiger partial charge in [-0.15, -0.1) is 0 Å². The molecule has 1 saturated carbocycles. The number of rotatable bonds is 7. The topological polar surface area (TPSA) is 47.5 Å². The molecule has 0 radical (unpaired) electrons. The first-order chi connectivity index (χ1) is 14.3. The summed E-state index contributed by atoms with van der Waals surface area (Å²) in [6, 6.07) is 6.29. The highest BCUT2D eigenvalue weighted by molar-refractivity contribution is 5.43. The highest BCUT2D eigenvalue weighted by Gasteiger charge is 2.23. The highest BCUT2D eigenvalue weighted by Crippen LogP contribution is 2.32. The molecule has 1 fully saturated rings. The summed E-state index contributed by atoms with van der Waals surface area (Å²) in [7, 11) is 0. The first kappa shape index (κ1) is 20.1. The van der Waals surface area contributed by atoms with Crippen LogP contribution >= 0.6 is 0 Å². The number of benzene rings is 1. The van der Waals surface area contributed by atoms with E-state index in [1.54, 1.807) is 0 Å². The van der Waals surface area contributed by atoms with Crippen LogP contribution in [0, 0.1) is 0 Å². The summed E-state index contributed by atoms with van der Waals surface area (Å²) in [6.07, 6.45) is 9.62. The van der Waals surface area contributed by atoms with Crippen LogP contribution in [0.5, 0.6) is 11.5 Å². The Hall–Kier alpha value is -2.14. The third-order valence-corrected chi connectivity index (χ3v) is 6.02. The van der Waals surface area contributed by atoms with Gasteiger partial charge in [0.15, 0.2) is 11.5 Å². The SMILES string of the molecule is CCOc1ccc(CN2CCc3nc(C4CCCCC4)ncc3C2)cc1OCC. The Balaban J connectivity index is 1.43. The molecule has 29 heavy (non-hydrogen) atoms. The lowest BCUT2D eigenvalue weighted by Gasteiger charge is -2.29. The van der Waals surface area contributed by atoms with Crippen molar-refractivity contribution in [3.05, 3.63) is 47.0 Å². The number of hydrogen-bond donors (Lipinski definition) is 0.